The molecule has 154 valence electrons. The summed E-state index contributed by atoms with van der Waals surface area (Å²) in [5.74, 6) is 1.33. The predicted molar refractivity (Wildman–Crippen MR) is 122 cm³/mol. The summed E-state index contributed by atoms with van der Waals surface area (Å²) >= 11 is 6.28. The highest BCUT2D eigenvalue weighted by molar-refractivity contribution is 6.31. The average Bonchev–Trinajstić information content (AvgIpc) is 2.70. The molecule has 0 saturated carbocycles. The van der Waals surface area contributed by atoms with Crippen molar-refractivity contribution >= 4 is 40.5 Å². The zero-order chi connectivity index (χ0) is 21.3. The van der Waals surface area contributed by atoms with Gasteiger partial charge in [-0.05, 0) is 61.1 Å². The van der Waals surface area contributed by atoms with Gasteiger partial charge in [0, 0.05) is 22.8 Å². The van der Waals surface area contributed by atoms with Crippen LogP contribution in [0.15, 0.2) is 42.5 Å². The van der Waals surface area contributed by atoms with E-state index in [1.165, 1.54) is 5.56 Å². The third-order valence-corrected chi connectivity index (χ3v) is 5.80. The van der Waals surface area contributed by atoms with Crippen LogP contribution < -0.4 is 10.6 Å². The first-order valence-corrected chi connectivity index (χ1v) is 10.6. The fourth-order valence-electron chi connectivity index (χ4n) is 3.68. The molecule has 0 saturated heterocycles. The van der Waals surface area contributed by atoms with Crippen LogP contribution in [-0.4, -0.2) is 15.8 Å². The normalized spacial score (nSPS) is 15.6. The quantitative estimate of drug-likeness (QED) is 0.510. The molecule has 2 N–H and O–H groups in total. The smallest absolute Gasteiger partial charge is 0.229 e. The van der Waals surface area contributed by atoms with Gasteiger partial charge in [0.2, 0.25) is 5.95 Å². The highest BCUT2D eigenvalue weighted by Crippen LogP contribution is 2.32. The number of carbonyl (C=O) groups excluding carboxylic acids is 1. The zero-order valence-corrected chi connectivity index (χ0v) is 18.2. The largest absolute Gasteiger partial charge is 0.339 e. The van der Waals surface area contributed by atoms with Gasteiger partial charge >= 0.3 is 0 Å². The molecule has 1 aromatic heterocycles. The Bertz CT molecular complexity index is 1100. The summed E-state index contributed by atoms with van der Waals surface area (Å²) in [6.45, 7) is 6.16. The second-order valence-electron chi connectivity index (χ2n) is 7.92. The van der Waals surface area contributed by atoms with Crippen LogP contribution in [0.4, 0.5) is 23.1 Å². The first kappa shape index (κ1) is 20.4. The lowest BCUT2D eigenvalue weighted by atomic mass is 9.87. The molecule has 3 aromatic rings. The van der Waals surface area contributed by atoms with Crippen LogP contribution in [0.2, 0.25) is 5.02 Å². The Balaban J connectivity index is 1.72. The van der Waals surface area contributed by atoms with Crippen molar-refractivity contribution in [3.63, 3.8) is 0 Å². The van der Waals surface area contributed by atoms with Crippen molar-refractivity contribution in [2.24, 2.45) is 5.92 Å². The second kappa shape index (κ2) is 8.44. The van der Waals surface area contributed by atoms with Crippen LogP contribution in [-0.2, 0) is 12.8 Å². The molecule has 1 aliphatic carbocycles. The number of rotatable bonds is 5. The number of aromatic nitrogens is 2. The van der Waals surface area contributed by atoms with Gasteiger partial charge in [0.15, 0.2) is 5.78 Å². The van der Waals surface area contributed by atoms with E-state index in [1.54, 1.807) is 0 Å². The lowest BCUT2D eigenvalue weighted by Crippen LogP contribution is -2.22. The standard InChI is InChI=1S/C24H25ClN4O/c1-4-16-6-9-17(10-7-16)27-24-28-20-11-14(2)12-21(30)22(20)23(29-24)26-18-8-5-15(3)19(25)13-18/h5-10,13-14H,4,11-12H2,1-3H3,(H2,26,27,28,29). The molecule has 4 rings (SSSR count). The molecule has 2 aromatic carbocycles. The maximum Gasteiger partial charge on any atom is 0.229 e. The summed E-state index contributed by atoms with van der Waals surface area (Å²) in [6, 6.07) is 13.9. The number of nitrogens with one attached hydrogen (secondary N) is 2. The van der Waals surface area contributed by atoms with Crippen LogP contribution in [0.3, 0.4) is 0 Å². The van der Waals surface area contributed by atoms with Gasteiger partial charge in [0.1, 0.15) is 5.82 Å². The summed E-state index contributed by atoms with van der Waals surface area (Å²) in [5, 5.41) is 7.24. The lowest BCUT2D eigenvalue weighted by Gasteiger charge is -2.23. The van der Waals surface area contributed by atoms with Crippen molar-refractivity contribution in [2.45, 2.75) is 40.0 Å². The molecule has 0 aliphatic heterocycles. The predicted octanol–water partition coefficient (Wildman–Crippen LogP) is 6.25. The minimum Gasteiger partial charge on any atom is -0.339 e. The van der Waals surface area contributed by atoms with Crippen molar-refractivity contribution in [2.75, 3.05) is 10.6 Å². The maximum absolute atomic E-state index is 12.8. The van der Waals surface area contributed by atoms with Crippen molar-refractivity contribution < 1.29 is 4.79 Å². The van der Waals surface area contributed by atoms with E-state index < -0.39 is 0 Å². The number of carbonyl (C=O) groups is 1. The molecule has 1 atom stereocenters. The fourth-order valence-corrected chi connectivity index (χ4v) is 3.86. The minimum atomic E-state index is 0.0725. The Morgan fingerprint density at radius 2 is 1.77 bits per heavy atom. The third kappa shape index (κ3) is 4.31. The van der Waals surface area contributed by atoms with E-state index in [2.05, 4.69) is 46.6 Å². The number of halogens is 1. The summed E-state index contributed by atoms with van der Waals surface area (Å²) in [6.07, 6.45) is 2.24. The fraction of sp³-hybridized carbons (Fsp3) is 0.292. The van der Waals surface area contributed by atoms with E-state index in [9.17, 15) is 4.79 Å². The number of ketones is 1. The van der Waals surface area contributed by atoms with Gasteiger partial charge in [-0.2, -0.15) is 4.98 Å². The monoisotopic (exact) mass is 420 g/mol. The van der Waals surface area contributed by atoms with Crippen molar-refractivity contribution in [1.82, 2.24) is 9.97 Å². The second-order valence-corrected chi connectivity index (χ2v) is 8.33. The van der Waals surface area contributed by atoms with Gasteiger partial charge in [-0.1, -0.05) is 43.6 Å². The summed E-state index contributed by atoms with van der Waals surface area (Å²) in [4.78, 5) is 22.1. The molecular formula is C24H25ClN4O. The van der Waals surface area contributed by atoms with E-state index in [0.29, 0.717) is 28.8 Å². The number of fused-ring (bicyclic) bond motifs is 1. The van der Waals surface area contributed by atoms with Crippen LogP contribution in [0.5, 0.6) is 0 Å². The summed E-state index contributed by atoms with van der Waals surface area (Å²) < 4.78 is 0. The van der Waals surface area contributed by atoms with E-state index in [4.69, 9.17) is 11.6 Å². The van der Waals surface area contributed by atoms with Gasteiger partial charge < -0.3 is 10.6 Å². The third-order valence-electron chi connectivity index (χ3n) is 5.39. The van der Waals surface area contributed by atoms with E-state index in [-0.39, 0.29) is 11.7 Å². The molecule has 30 heavy (non-hydrogen) atoms. The van der Waals surface area contributed by atoms with Crippen molar-refractivity contribution in [1.29, 1.82) is 0 Å². The first-order chi connectivity index (χ1) is 14.4. The SMILES string of the molecule is CCc1ccc(Nc2nc3c(c(Nc4ccc(C)c(Cl)c4)n2)C(=O)CC(C)C3)cc1. The Hall–Kier alpha value is -2.92. The zero-order valence-electron chi connectivity index (χ0n) is 17.4. The van der Waals surface area contributed by atoms with Gasteiger partial charge in [-0.15, -0.1) is 0 Å². The molecule has 0 radical (unpaired) electrons. The summed E-state index contributed by atoms with van der Waals surface area (Å²) in [7, 11) is 0. The summed E-state index contributed by atoms with van der Waals surface area (Å²) in [5.41, 5.74) is 5.32. The Morgan fingerprint density at radius 1 is 1.03 bits per heavy atom. The van der Waals surface area contributed by atoms with E-state index in [0.717, 1.165) is 35.5 Å². The van der Waals surface area contributed by atoms with Gasteiger partial charge in [-0.3, -0.25) is 4.79 Å². The molecule has 0 fully saturated rings. The number of anilines is 4. The Kier molecular flexibility index (Phi) is 5.73. The van der Waals surface area contributed by atoms with Gasteiger partial charge in [-0.25, -0.2) is 4.98 Å². The first-order valence-electron chi connectivity index (χ1n) is 10.3. The maximum atomic E-state index is 12.8. The molecule has 1 aliphatic rings. The van der Waals surface area contributed by atoms with Crippen molar-refractivity contribution in [3.05, 3.63) is 69.9 Å². The van der Waals surface area contributed by atoms with Crippen LogP contribution in [0.1, 0.15) is 47.4 Å². The Labute approximate surface area is 181 Å². The molecule has 0 spiro atoms. The number of nitrogens with zero attached hydrogens (tertiary/aromatic N) is 2. The number of hydrogen-bond donors (Lipinski definition) is 2. The molecular weight excluding hydrogens is 396 g/mol. The topological polar surface area (TPSA) is 66.9 Å². The van der Waals surface area contributed by atoms with Gasteiger partial charge in [0.25, 0.3) is 0 Å². The molecule has 0 amide bonds. The van der Waals surface area contributed by atoms with Crippen LogP contribution in [0.25, 0.3) is 0 Å². The molecule has 1 heterocycles. The van der Waals surface area contributed by atoms with E-state index >= 15 is 0 Å². The van der Waals surface area contributed by atoms with Crippen LogP contribution >= 0.6 is 11.6 Å². The molecule has 1 unspecified atom stereocenters. The number of benzene rings is 2. The van der Waals surface area contributed by atoms with E-state index in [1.807, 2.05) is 37.3 Å². The minimum absolute atomic E-state index is 0.0725. The Morgan fingerprint density at radius 3 is 2.47 bits per heavy atom. The number of aryl methyl sites for hydroxylation is 2. The van der Waals surface area contributed by atoms with Gasteiger partial charge in [0.05, 0.1) is 11.3 Å². The highest BCUT2D eigenvalue weighted by Gasteiger charge is 2.28. The molecule has 0 bridgehead atoms. The number of hydrogen-bond acceptors (Lipinski definition) is 5. The highest BCUT2D eigenvalue weighted by atomic mass is 35.5. The number of Topliss-reactive ketones (excluding diaryl/α,β-unsaturated/α-hetero) is 1. The van der Waals surface area contributed by atoms with Crippen LogP contribution in [0, 0.1) is 12.8 Å². The molecule has 6 heteroatoms. The lowest BCUT2D eigenvalue weighted by molar-refractivity contribution is 0.0953. The van der Waals surface area contributed by atoms with Crippen molar-refractivity contribution in [3.8, 4) is 0 Å². The molecule has 5 nitrogen and oxygen atoms in total. The average molecular weight is 421 g/mol.